The number of morpholine rings is 1. The number of aromatic nitrogens is 2. The number of hydrogen-bond donors (Lipinski definition) is 2. The van der Waals surface area contributed by atoms with E-state index in [-0.39, 0.29) is 18.1 Å². The number of thioether (sulfide) groups is 1. The Bertz CT molecular complexity index is 1440. The van der Waals surface area contributed by atoms with E-state index in [1.165, 1.54) is 24.1 Å². The van der Waals surface area contributed by atoms with E-state index < -0.39 is 11.9 Å². The van der Waals surface area contributed by atoms with Gasteiger partial charge in [-0.2, -0.15) is 4.68 Å². The predicted molar refractivity (Wildman–Crippen MR) is 149 cm³/mol. The Morgan fingerprint density at radius 1 is 1.08 bits per heavy atom. The molecule has 4 heterocycles. The smallest absolute Gasteiger partial charge is 0.325 e. The van der Waals surface area contributed by atoms with Crippen LogP contribution in [0.2, 0.25) is 0 Å². The monoisotopic (exact) mass is 571 g/mol. The summed E-state index contributed by atoms with van der Waals surface area (Å²) < 4.78 is 17.6. The molecule has 1 aromatic carbocycles. The number of nitrogens with one attached hydrogen (secondary N) is 2. The number of hydrogen-bond acceptors (Lipinski definition) is 10. The summed E-state index contributed by atoms with van der Waals surface area (Å²) in [5, 5.41) is 7.92. The number of nitrogens with zero attached hydrogens (tertiary/aromatic N) is 3. The number of anilines is 1. The molecule has 2 aromatic heterocycles. The van der Waals surface area contributed by atoms with Gasteiger partial charge in [0, 0.05) is 16.6 Å². The molecule has 0 radical (unpaired) electrons. The maximum Gasteiger partial charge on any atom is 0.325 e. The first kappa shape index (κ1) is 26.0. The van der Waals surface area contributed by atoms with Crippen molar-refractivity contribution in [2.75, 3.05) is 49.2 Å². The van der Waals surface area contributed by atoms with E-state index in [1.54, 1.807) is 34.2 Å². The van der Waals surface area contributed by atoms with Crippen molar-refractivity contribution in [1.29, 1.82) is 0 Å². The molecule has 1 saturated carbocycles. The first-order valence-electron chi connectivity index (χ1n) is 13.1. The van der Waals surface area contributed by atoms with E-state index in [4.69, 9.17) is 19.2 Å². The first-order chi connectivity index (χ1) is 19.0. The van der Waals surface area contributed by atoms with Crippen molar-refractivity contribution in [1.82, 2.24) is 15.0 Å². The molecule has 39 heavy (non-hydrogen) atoms. The molecule has 2 fully saturated rings. The molecule has 0 spiro atoms. The molecule has 3 amide bonds. The third-order valence-electron chi connectivity index (χ3n) is 7.03. The summed E-state index contributed by atoms with van der Waals surface area (Å²) in [4.78, 5) is 45.5. The van der Waals surface area contributed by atoms with Crippen molar-refractivity contribution >= 4 is 50.9 Å². The van der Waals surface area contributed by atoms with Crippen LogP contribution in [0.15, 0.2) is 34.2 Å². The third kappa shape index (κ3) is 5.70. The Morgan fingerprint density at radius 2 is 1.87 bits per heavy atom. The summed E-state index contributed by atoms with van der Waals surface area (Å²) in [5.74, 6) is 1.00. The lowest BCUT2D eigenvalue weighted by molar-refractivity contribution is -0.117. The summed E-state index contributed by atoms with van der Waals surface area (Å²) in [6.07, 6.45) is 5.97. The lowest BCUT2D eigenvalue weighted by atomic mass is 9.88. The van der Waals surface area contributed by atoms with E-state index in [0.29, 0.717) is 64.8 Å². The number of fused-ring (bicyclic) bond motifs is 2. The Morgan fingerprint density at radius 3 is 2.69 bits per heavy atom. The minimum atomic E-state index is -0.663. The molecule has 0 bridgehead atoms. The average molecular weight is 572 g/mol. The number of carbonyl (C=O) groups is 2. The molecule has 6 rings (SSSR count). The number of thiophene rings is 1. The zero-order valence-corrected chi connectivity index (χ0v) is 22.9. The van der Waals surface area contributed by atoms with Crippen LogP contribution < -0.4 is 30.7 Å². The summed E-state index contributed by atoms with van der Waals surface area (Å²) in [7, 11) is 0. The average Bonchev–Trinajstić information content (AvgIpc) is 3.60. The van der Waals surface area contributed by atoms with E-state index in [0.717, 1.165) is 24.6 Å². The maximum absolute atomic E-state index is 13.7. The fraction of sp³-hybridized carbons (Fsp3) is 0.462. The number of urea groups is 1. The molecule has 13 heteroatoms. The highest BCUT2D eigenvalue weighted by atomic mass is 32.2. The molecule has 2 N–H and O–H groups in total. The topological polar surface area (TPSA) is 124 Å². The molecule has 1 aliphatic carbocycles. The largest absolute Gasteiger partial charge is 0.454 e. The highest BCUT2D eigenvalue weighted by Gasteiger charge is 2.24. The second-order valence-corrected chi connectivity index (χ2v) is 11.6. The van der Waals surface area contributed by atoms with Gasteiger partial charge in [0.15, 0.2) is 16.7 Å². The standard InChI is InChI=1S/C26H29N5O6S2/c32-22(28-25(34)27-17-6-7-19-20(12-17)37-15-36-19)14-38-26-29-23-18(13-21(39-23)16-4-2-1-3-5-16)24(33)31(26)30-8-10-35-11-9-30/h6-7,12-13,16H,1-5,8-11,14-15H2,(H2,27,28,32,34). The van der Waals surface area contributed by atoms with E-state index in [9.17, 15) is 14.4 Å². The van der Waals surface area contributed by atoms with Gasteiger partial charge in [0.25, 0.3) is 5.56 Å². The molecular formula is C26H29N5O6S2. The molecular weight excluding hydrogens is 542 g/mol. The predicted octanol–water partition coefficient (Wildman–Crippen LogP) is 3.64. The van der Waals surface area contributed by atoms with E-state index >= 15 is 0 Å². The van der Waals surface area contributed by atoms with Crippen molar-refractivity contribution in [2.24, 2.45) is 0 Å². The number of rotatable bonds is 6. The first-order valence-corrected chi connectivity index (χ1v) is 14.9. The van der Waals surface area contributed by atoms with Crippen LogP contribution in [0.25, 0.3) is 10.2 Å². The lowest BCUT2D eigenvalue weighted by Gasteiger charge is -2.31. The van der Waals surface area contributed by atoms with Crippen LogP contribution in [-0.4, -0.2) is 60.4 Å². The molecule has 2 aliphatic heterocycles. The number of carbonyl (C=O) groups excluding carboxylic acids is 2. The molecule has 206 valence electrons. The van der Waals surface area contributed by atoms with Crippen LogP contribution in [-0.2, 0) is 9.53 Å². The van der Waals surface area contributed by atoms with Crippen molar-refractivity contribution in [3.05, 3.63) is 39.5 Å². The highest BCUT2D eigenvalue weighted by Crippen LogP contribution is 2.38. The summed E-state index contributed by atoms with van der Waals surface area (Å²) >= 11 is 2.71. The van der Waals surface area contributed by atoms with Crippen molar-refractivity contribution in [3.63, 3.8) is 0 Å². The Labute approximate surface area is 232 Å². The zero-order chi connectivity index (χ0) is 26.8. The van der Waals surface area contributed by atoms with Crippen molar-refractivity contribution in [2.45, 2.75) is 43.2 Å². The van der Waals surface area contributed by atoms with Crippen molar-refractivity contribution < 1.29 is 23.8 Å². The number of imide groups is 1. The van der Waals surface area contributed by atoms with Gasteiger partial charge in [-0.15, -0.1) is 11.3 Å². The molecule has 0 atom stereocenters. The summed E-state index contributed by atoms with van der Waals surface area (Å²) in [6, 6.07) is 6.33. The van der Waals surface area contributed by atoms with E-state index in [1.807, 2.05) is 11.1 Å². The summed E-state index contributed by atoms with van der Waals surface area (Å²) in [5.41, 5.74) is 0.334. The number of ether oxygens (including phenoxy) is 3. The van der Waals surface area contributed by atoms with Gasteiger partial charge < -0.3 is 24.5 Å². The van der Waals surface area contributed by atoms with Gasteiger partial charge in [-0.3, -0.25) is 14.9 Å². The van der Waals surface area contributed by atoms with Crippen LogP contribution >= 0.6 is 23.1 Å². The SMILES string of the molecule is O=C(CSc1nc2sc(C3CCCCC3)cc2c(=O)n1N1CCOCC1)NC(=O)Nc1ccc2c(c1)OCO2. The van der Waals surface area contributed by atoms with Crippen LogP contribution in [0.4, 0.5) is 10.5 Å². The zero-order valence-electron chi connectivity index (χ0n) is 21.3. The lowest BCUT2D eigenvalue weighted by Crippen LogP contribution is -2.49. The quantitative estimate of drug-likeness (QED) is 0.337. The van der Waals surface area contributed by atoms with Crippen LogP contribution in [0, 0.1) is 0 Å². The fourth-order valence-electron chi connectivity index (χ4n) is 5.09. The Hall–Kier alpha value is -3.29. The second-order valence-electron chi connectivity index (χ2n) is 9.64. The number of amides is 3. The van der Waals surface area contributed by atoms with Crippen molar-refractivity contribution in [3.8, 4) is 11.5 Å². The fourth-order valence-corrected chi connectivity index (χ4v) is 7.14. The Balaban J connectivity index is 1.18. The summed E-state index contributed by atoms with van der Waals surface area (Å²) in [6.45, 7) is 2.23. The normalized spacial score (nSPS) is 17.4. The van der Waals surface area contributed by atoms with Gasteiger partial charge in [-0.1, -0.05) is 31.0 Å². The maximum atomic E-state index is 13.7. The second kappa shape index (κ2) is 11.4. The molecule has 3 aliphatic rings. The molecule has 0 unspecified atom stereocenters. The number of benzene rings is 1. The van der Waals surface area contributed by atoms with Crippen LogP contribution in [0.1, 0.15) is 42.9 Å². The Kier molecular flexibility index (Phi) is 7.62. The molecule has 3 aromatic rings. The molecule has 11 nitrogen and oxygen atoms in total. The van der Waals surface area contributed by atoms with Gasteiger partial charge in [0.2, 0.25) is 12.7 Å². The van der Waals surface area contributed by atoms with Gasteiger partial charge in [-0.05, 0) is 37.0 Å². The highest BCUT2D eigenvalue weighted by molar-refractivity contribution is 7.99. The minimum Gasteiger partial charge on any atom is -0.454 e. The van der Waals surface area contributed by atoms with Gasteiger partial charge in [-0.25, -0.2) is 9.78 Å². The van der Waals surface area contributed by atoms with Gasteiger partial charge in [0.05, 0.1) is 37.4 Å². The van der Waals surface area contributed by atoms with Gasteiger partial charge >= 0.3 is 6.03 Å². The van der Waals surface area contributed by atoms with Crippen LogP contribution in [0.3, 0.4) is 0 Å². The van der Waals surface area contributed by atoms with E-state index in [2.05, 4.69) is 10.6 Å². The third-order valence-corrected chi connectivity index (χ3v) is 9.15. The van der Waals surface area contributed by atoms with Gasteiger partial charge in [0.1, 0.15) is 4.83 Å². The molecule has 1 saturated heterocycles. The van der Waals surface area contributed by atoms with Crippen LogP contribution in [0.5, 0.6) is 11.5 Å². The minimum absolute atomic E-state index is 0.0856.